The van der Waals surface area contributed by atoms with E-state index in [1.807, 2.05) is 0 Å². The number of nitrogens with zero attached hydrogens (tertiary/aromatic N) is 2. The maximum Gasteiger partial charge on any atom is 0.148 e. The zero-order valence-electron chi connectivity index (χ0n) is 9.33. The van der Waals surface area contributed by atoms with E-state index in [4.69, 9.17) is 16.9 Å². The molecule has 0 aliphatic carbocycles. The van der Waals surface area contributed by atoms with Crippen LogP contribution in [0, 0.1) is 17.3 Å². The van der Waals surface area contributed by atoms with Crippen molar-refractivity contribution in [2.45, 2.75) is 0 Å². The summed E-state index contributed by atoms with van der Waals surface area (Å²) in [5.74, 6) is 3.64. The van der Waals surface area contributed by atoms with Gasteiger partial charge in [0.25, 0.3) is 0 Å². The standard InChI is InChI=1S/C13H9N3O2/c1-2-11-12(7-8-15-13(11)14)18-10-5-3-9(16-17)4-6-10/h1,3-8H,(H2,14,15). The Hall–Kier alpha value is -2.87. The SMILES string of the molecule is C#Cc1c(Oc2ccc(N=O)cc2)ccnc1N. The van der Waals surface area contributed by atoms with Crippen LogP contribution in [-0.2, 0) is 0 Å². The summed E-state index contributed by atoms with van der Waals surface area (Å²) in [6.45, 7) is 0. The van der Waals surface area contributed by atoms with Gasteiger partial charge in [-0.05, 0) is 29.4 Å². The van der Waals surface area contributed by atoms with E-state index in [1.165, 1.54) is 6.20 Å². The van der Waals surface area contributed by atoms with Crippen molar-refractivity contribution in [3.05, 3.63) is 47.0 Å². The zero-order valence-corrected chi connectivity index (χ0v) is 9.33. The summed E-state index contributed by atoms with van der Waals surface area (Å²) in [5, 5.41) is 2.80. The third-order valence-corrected chi connectivity index (χ3v) is 2.26. The molecular weight excluding hydrogens is 230 g/mol. The van der Waals surface area contributed by atoms with Crippen molar-refractivity contribution in [2.24, 2.45) is 5.18 Å². The Morgan fingerprint density at radius 3 is 2.61 bits per heavy atom. The van der Waals surface area contributed by atoms with Crippen LogP contribution in [-0.4, -0.2) is 4.98 Å². The molecule has 18 heavy (non-hydrogen) atoms. The quantitative estimate of drug-likeness (QED) is 0.659. The van der Waals surface area contributed by atoms with Crippen molar-refractivity contribution < 1.29 is 4.74 Å². The summed E-state index contributed by atoms with van der Waals surface area (Å²) in [7, 11) is 0. The molecule has 0 aliphatic rings. The molecule has 0 atom stereocenters. The van der Waals surface area contributed by atoms with E-state index in [0.29, 0.717) is 22.7 Å². The smallest absolute Gasteiger partial charge is 0.148 e. The highest BCUT2D eigenvalue weighted by molar-refractivity contribution is 5.58. The van der Waals surface area contributed by atoms with Crippen molar-refractivity contribution >= 4 is 11.5 Å². The number of nitroso groups, excluding NO2 is 1. The Bertz CT molecular complexity index is 615. The lowest BCUT2D eigenvalue weighted by molar-refractivity contribution is 0.481. The monoisotopic (exact) mass is 239 g/mol. The van der Waals surface area contributed by atoms with Crippen LogP contribution in [0.25, 0.3) is 0 Å². The minimum atomic E-state index is 0.237. The van der Waals surface area contributed by atoms with E-state index in [9.17, 15) is 4.91 Å². The predicted octanol–water partition coefficient (Wildman–Crippen LogP) is 2.84. The van der Waals surface area contributed by atoms with Gasteiger partial charge in [-0.1, -0.05) is 5.92 Å². The largest absolute Gasteiger partial charge is 0.456 e. The number of aromatic nitrogens is 1. The molecule has 5 heteroatoms. The van der Waals surface area contributed by atoms with Crippen molar-refractivity contribution in [1.29, 1.82) is 0 Å². The first kappa shape index (κ1) is 11.6. The van der Waals surface area contributed by atoms with Gasteiger partial charge in [0.05, 0.1) is 0 Å². The number of nitrogen functional groups attached to an aromatic ring is 1. The highest BCUT2D eigenvalue weighted by atomic mass is 16.5. The number of hydrogen-bond donors (Lipinski definition) is 1. The van der Waals surface area contributed by atoms with Gasteiger partial charge in [0.15, 0.2) is 0 Å². The molecule has 1 aromatic carbocycles. The van der Waals surface area contributed by atoms with Crippen LogP contribution in [0.2, 0.25) is 0 Å². The van der Waals surface area contributed by atoms with E-state index in [1.54, 1.807) is 30.3 Å². The Morgan fingerprint density at radius 2 is 2.00 bits per heavy atom. The average molecular weight is 239 g/mol. The third kappa shape index (κ3) is 2.28. The maximum atomic E-state index is 10.3. The fourth-order valence-electron chi connectivity index (χ4n) is 1.39. The highest BCUT2D eigenvalue weighted by Gasteiger charge is 2.07. The molecule has 0 aliphatic heterocycles. The average Bonchev–Trinajstić information content (AvgIpc) is 2.40. The summed E-state index contributed by atoms with van der Waals surface area (Å²) in [5.41, 5.74) is 6.37. The van der Waals surface area contributed by atoms with Crippen LogP contribution in [0.4, 0.5) is 11.5 Å². The van der Waals surface area contributed by atoms with Gasteiger partial charge in [0.1, 0.15) is 28.6 Å². The Balaban J connectivity index is 2.31. The molecule has 1 heterocycles. The molecule has 1 aromatic heterocycles. The van der Waals surface area contributed by atoms with Gasteiger partial charge < -0.3 is 10.5 Å². The van der Waals surface area contributed by atoms with Gasteiger partial charge >= 0.3 is 0 Å². The van der Waals surface area contributed by atoms with E-state index in [-0.39, 0.29) is 5.82 Å². The lowest BCUT2D eigenvalue weighted by Crippen LogP contribution is -1.97. The zero-order chi connectivity index (χ0) is 13.0. The fraction of sp³-hybridized carbons (Fsp3) is 0. The van der Waals surface area contributed by atoms with Crippen LogP contribution in [0.15, 0.2) is 41.7 Å². The van der Waals surface area contributed by atoms with Crippen molar-refractivity contribution in [2.75, 3.05) is 5.73 Å². The molecule has 0 saturated heterocycles. The van der Waals surface area contributed by atoms with E-state index in [0.717, 1.165) is 0 Å². The fourth-order valence-corrected chi connectivity index (χ4v) is 1.39. The summed E-state index contributed by atoms with van der Waals surface area (Å²) in [6, 6.07) is 7.95. The second-order valence-electron chi connectivity index (χ2n) is 3.40. The number of terminal acetylenes is 1. The molecule has 0 saturated carbocycles. The molecule has 2 N–H and O–H groups in total. The molecule has 2 aromatic rings. The van der Waals surface area contributed by atoms with E-state index in [2.05, 4.69) is 16.1 Å². The van der Waals surface area contributed by atoms with E-state index >= 15 is 0 Å². The van der Waals surface area contributed by atoms with Crippen LogP contribution in [0.3, 0.4) is 0 Å². The topological polar surface area (TPSA) is 77.6 Å². The Labute approximate surface area is 104 Å². The Kier molecular flexibility index (Phi) is 3.21. The first-order valence-corrected chi connectivity index (χ1v) is 5.07. The van der Waals surface area contributed by atoms with Gasteiger partial charge in [0, 0.05) is 12.3 Å². The lowest BCUT2D eigenvalue weighted by Gasteiger charge is -2.08. The predicted molar refractivity (Wildman–Crippen MR) is 68.6 cm³/mol. The molecule has 88 valence electrons. The number of ether oxygens (including phenoxy) is 1. The van der Waals surface area contributed by atoms with Crippen LogP contribution in [0.1, 0.15) is 5.56 Å². The molecule has 5 nitrogen and oxygen atoms in total. The van der Waals surface area contributed by atoms with Crippen molar-refractivity contribution in [3.8, 4) is 23.8 Å². The van der Waals surface area contributed by atoms with E-state index < -0.39 is 0 Å². The van der Waals surface area contributed by atoms with Gasteiger partial charge in [-0.25, -0.2) is 4.98 Å². The second kappa shape index (κ2) is 4.97. The van der Waals surface area contributed by atoms with Gasteiger partial charge in [0.2, 0.25) is 0 Å². The number of hydrogen-bond acceptors (Lipinski definition) is 5. The number of nitrogens with two attached hydrogens (primary N) is 1. The van der Waals surface area contributed by atoms with Gasteiger partial charge in [-0.3, -0.25) is 0 Å². The van der Waals surface area contributed by atoms with Crippen molar-refractivity contribution in [1.82, 2.24) is 4.98 Å². The number of benzene rings is 1. The first-order chi connectivity index (χ1) is 8.74. The summed E-state index contributed by atoms with van der Waals surface area (Å²) in [6.07, 6.45) is 6.85. The maximum absolute atomic E-state index is 10.3. The molecule has 2 rings (SSSR count). The minimum Gasteiger partial charge on any atom is -0.456 e. The minimum absolute atomic E-state index is 0.237. The molecule has 0 radical (unpaired) electrons. The van der Waals surface area contributed by atoms with Gasteiger partial charge in [-0.2, -0.15) is 0 Å². The molecular formula is C13H9N3O2. The number of pyridine rings is 1. The normalized spacial score (nSPS) is 9.50. The third-order valence-electron chi connectivity index (χ3n) is 2.26. The van der Waals surface area contributed by atoms with Crippen LogP contribution in [0.5, 0.6) is 11.5 Å². The number of rotatable bonds is 3. The molecule has 0 amide bonds. The summed E-state index contributed by atoms with van der Waals surface area (Å²) >= 11 is 0. The summed E-state index contributed by atoms with van der Waals surface area (Å²) < 4.78 is 5.57. The molecule has 0 bridgehead atoms. The molecule has 0 fully saturated rings. The molecule has 0 unspecified atom stereocenters. The van der Waals surface area contributed by atoms with Crippen molar-refractivity contribution in [3.63, 3.8) is 0 Å². The number of anilines is 1. The van der Waals surface area contributed by atoms with Crippen LogP contribution < -0.4 is 10.5 Å². The van der Waals surface area contributed by atoms with Crippen LogP contribution >= 0.6 is 0 Å². The summed E-state index contributed by atoms with van der Waals surface area (Å²) in [4.78, 5) is 14.2. The lowest BCUT2D eigenvalue weighted by atomic mass is 10.2. The Morgan fingerprint density at radius 1 is 1.28 bits per heavy atom. The first-order valence-electron chi connectivity index (χ1n) is 5.07. The van der Waals surface area contributed by atoms with Gasteiger partial charge in [-0.15, -0.1) is 11.3 Å². The molecule has 0 spiro atoms. The second-order valence-corrected chi connectivity index (χ2v) is 3.40. The highest BCUT2D eigenvalue weighted by Crippen LogP contribution is 2.28.